The van der Waals surface area contributed by atoms with Gasteiger partial charge in [-0.3, -0.25) is 4.79 Å². The molecule has 1 rings (SSSR count). The second-order valence-corrected chi connectivity index (χ2v) is 5.67. The highest BCUT2D eigenvalue weighted by Crippen LogP contribution is 2.27. The van der Waals surface area contributed by atoms with E-state index in [2.05, 4.69) is 30.7 Å². The molecule has 1 heterocycles. The van der Waals surface area contributed by atoms with Crippen LogP contribution in [0.15, 0.2) is 0 Å². The van der Waals surface area contributed by atoms with Gasteiger partial charge < -0.3 is 4.90 Å². The summed E-state index contributed by atoms with van der Waals surface area (Å²) < 4.78 is 0. The highest BCUT2D eigenvalue weighted by molar-refractivity contribution is 7.17. The molecule has 0 aliphatic rings. The first-order valence-corrected chi connectivity index (χ1v) is 7.58. The van der Waals surface area contributed by atoms with Gasteiger partial charge in [-0.05, 0) is 19.8 Å². The zero-order valence-electron chi connectivity index (χ0n) is 12.1. The van der Waals surface area contributed by atoms with Crippen molar-refractivity contribution in [3.8, 4) is 0 Å². The lowest BCUT2D eigenvalue weighted by molar-refractivity contribution is 0.102. The van der Waals surface area contributed by atoms with Gasteiger partial charge in [-0.15, -0.1) is 0 Å². The Hall–Kier alpha value is -0.900. The van der Waals surface area contributed by atoms with Crippen LogP contribution in [0, 0.1) is 12.8 Å². The number of aryl methyl sites for hydroxylation is 1. The minimum absolute atomic E-state index is 0.120. The van der Waals surface area contributed by atoms with Gasteiger partial charge in [0.2, 0.25) is 0 Å². The number of aromatic nitrogens is 1. The molecule has 0 radical (unpaired) electrons. The maximum absolute atomic E-state index is 11.5. The molecular formula is C14H24N2OS. The molecule has 1 aromatic rings. The van der Waals surface area contributed by atoms with Gasteiger partial charge in [-0.2, -0.15) is 0 Å². The minimum atomic E-state index is 0.120. The summed E-state index contributed by atoms with van der Waals surface area (Å²) in [5.41, 5.74) is 0.866. The van der Waals surface area contributed by atoms with Gasteiger partial charge in [0.15, 0.2) is 10.9 Å². The molecule has 4 heteroatoms. The average molecular weight is 268 g/mol. The van der Waals surface area contributed by atoms with Crippen LogP contribution in [0.25, 0.3) is 0 Å². The number of rotatable bonds is 7. The first-order valence-electron chi connectivity index (χ1n) is 6.76. The maximum atomic E-state index is 11.5. The van der Waals surface area contributed by atoms with Crippen molar-refractivity contribution < 1.29 is 4.79 Å². The molecule has 0 aliphatic carbocycles. The maximum Gasteiger partial charge on any atom is 0.186 e. The Morgan fingerprint density at radius 2 is 1.94 bits per heavy atom. The van der Waals surface area contributed by atoms with Crippen LogP contribution in [0.1, 0.15) is 55.9 Å². The zero-order valence-corrected chi connectivity index (χ0v) is 12.9. The fourth-order valence-electron chi connectivity index (χ4n) is 2.05. The number of nitrogens with zero attached hydrogens (tertiary/aromatic N) is 2. The van der Waals surface area contributed by atoms with Gasteiger partial charge in [-0.25, -0.2) is 4.98 Å². The fraction of sp³-hybridized carbons (Fsp3) is 0.714. The van der Waals surface area contributed by atoms with E-state index in [1.165, 1.54) is 24.2 Å². The molecule has 0 atom stereocenters. The van der Waals surface area contributed by atoms with E-state index in [0.29, 0.717) is 5.92 Å². The predicted molar refractivity (Wildman–Crippen MR) is 78.8 cm³/mol. The van der Waals surface area contributed by atoms with Gasteiger partial charge in [0.25, 0.3) is 0 Å². The van der Waals surface area contributed by atoms with Crippen LogP contribution in [0.3, 0.4) is 0 Å². The number of Topliss-reactive ketones (excluding diaryl/α,β-unsaturated/α-hetero) is 1. The number of thiazole rings is 1. The summed E-state index contributed by atoms with van der Waals surface area (Å²) in [7, 11) is 0. The van der Waals surface area contributed by atoms with Crippen LogP contribution in [0.4, 0.5) is 5.13 Å². The highest BCUT2D eigenvalue weighted by atomic mass is 32.1. The normalized spacial score (nSPS) is 11.0. The van der Waals surface area contributed by atoms with E-state index in [-0.39, 0.29) is 5.78 Å². The summed E-state index contributed by atoms with van der Waals surface area (Å²) in [6.45, 7) is 12.1. The highest BCUT2D eigenvalue weighted by Gasteiger charge is 2.17. The minimum Gasteiger partial charge on any atom is -0.348 e. The summed E-state index contributed by atoms with van der Waals surface area (Å²) >= 11 is 1.53. The van der Waals surface area contributed by atoms with Gasteiger partial charge in [0.1, 0.15) is 0 Å². The molecule has 1 aromatic heterocycles. The van der Waals surface area contributed by atoms with E-state index in [1.54, 1.807) is 6.92 Å². The topological polar surface area (TPSA) is 33.2 Å². The lowest BCUT2D eigenvalue weighted by Crippen LogP contribution is -2.28. The van der Waals surface area contributed by atoms with Crippen molar-refractivity contribution in [3.63, 3.8) is 0 Å². The zero-order chi connectivity index (χ0) is 13.7. The van der Waals surface area contributed by atoms with Crippen LogP contribution in [-0.2, 0) is 0 Å². The lowest BCUT2D eigenvalue weighted by Gasteiger charge is -2.24. The molecule has 0 aromatic carbocycles. The number of carbonyl (C=O) groups is 1. The van der Waals surface area contributed by atoms with Crippen molar-refractivity contribution in [3.05, 3.63) is 10.6 Å². The van der Waals surface area contributed by atoms with Crippen molar-refractivity contribution >= 4 is 22.3 Å². The molecule has 0 fully saturated rings. The Labute approximate surface area is 114 Å². The summed E-state index contributed by atoms with van der Waals surface area (Å²) in [6, 6.07) is 0. The van der Waals surface area contributed by atoms with Crippen molar-refractivity contribution in [2.24, 2.45) is 5.92 Å². The summed E-state index contributed by atoms with van der Waals surface area (Å²) in [5, 5.41) is 0.993. The van der Waals surface area contributed by atoms with Gasteiger partial charge in [0.05, 0.1) is 10.6 Å². The number of anilines is 1. The SMILES string of the molecule is CCC(CC)CN(CC)c1nc(C)c(C(C)=O)s1. The Bertz CT molecular complexity index is 396. The lowest BCUT2D eigenvalue weighted by atomic mass is 10.0. The number of ketones is 1. The molecule has 102 valence electrons. The third kappa shape index (κ3) is 3.55. The predicted octanol–water partition coefficient (Wildman–Crippen LogP) is 3.92. The van der Waals surface area contributed by atoms with E-state index in [4.69, 9.17) is 0 Å². The largest absolute Gasteiger partial charge is 0.348 e. The molecule has 0 saturated carbocycles. The van der Waals surface area contributed by atoms with Crippen LogP contribution in [0.2, 0.25) is 0 Å². The van der Waals surface area contributed by atoms with Gasteiger partial charge in [-0.1, -0.05) is 38.0 Å². The second kappa shape index (κ2) is 6.88. The third-order valence-electron chi connectivity index (χ3n) is 3.39. The number of carbonyl (C=O) groups excluding carboxylic acids is 1. The molecular weight excluding hydrogens is 244 g/mol. The standard InChI is InChI=1S/C14H24N2OS/c1-6-12(7-2)9-16(8-3)14-15-10(4)13(18-14)11(5)17/h12H,6-9H2,1-5H3. The molecule has 0 amide bonds. The van der Waals surface area contributed by atoms with Crippen LogP contribution < -0.4 is 4.90 Å². The molecule has 3 nitrogen and oxygen atoms in total. The molecule has 0 saturated heterocycles. The third-order valence-corrected chi connectivity index (χ3v) is 4.71. The van der Waals surface area contributed by atoms with E-state index >= 15 is 0 Å². The molecule has 18 heavy (non-hydrogen) atoms. The molecule has 0 N–H and O–H groups in total. The van der Waals surface area contributed by atoms with E-state index in [0.717, 1.165) is 28.8 Å². The van der Waals surface area contributed by atoms with Crippen molar-refractivity contribution in [1.29, 1.82) is 0 Å². The molecule has 0 bridgehead atoms. The smallest absolute Gasteiger partial charge is 0.186 e. The molecule has 0 unspecified atom stereocenters. The first-order chi connectivity index (χ1) is 8.53. The van der Waals surface area contributed by atoms with E-state index in [9.17, 15) is 4.79 Å². The number of hydrogen-bond acceptors (Lipinski definition) is 4. The quantitative estimate of drug-likeness (QED) is 0.703. The summed E-state index contributed by atoms with van der Waals surface area (Å²) in [4.78, 5) is 19.1. The van der Waals surface area contributed by atoms with E-state index < -0.39 is 0 Å². The monoisotopic (exact) mass is 268 g/mol. The number of hydrogen-bond donors (Lipinski definition) is 0. The summed E-state index contributed by atoms with van der Waals surface area (Å²) in [6.07, 6.45) is 2.38. The van der Waals surface area contributed by atoms with Crippen molar-refractivity contribution in [1.82, 2.24) is 4.98 Å². The second-order valence-electron chi connectivity index (χ2n) is 4.69. The van der Waals surface area contributed by atoms with Crippen LogP contribution in [-0.4, -0.2) is 23.9 Å². The van der Waals surface area contributed by atoms with Crippen molar-refractivity contribution in [2.75, 3.05) is 18.0 Å². The average Bonchev–Trinajstić information content (AvgIpc) is 2.73. The van der Waals surface area contributed by atoms with Crippen LogP contribution in [0.5, 0.6) is 0 Å². The van der Waals surface area contributed by atoms with Gasteiger partial charge >= 0.3 is 0 Å². The molecule has 0 aliphatic heterocycles. The van der Waals surface area contributed by atoms with Gasteiger partial charge in [0, 0.05) is 20.0 Å². The summed E-state index contributed by atoms with van der Waals surface area (Å²) in [5.74, 6) is 0.824. The Balaban J connectivity index is 2.88. The Kier molecular flexibility index (Phi) is 5.79. The Morgan fingerprint density at radius 3 is 2.33 bits per heavy atom. The fourth-order valence-corrected chi connectivity index (χ4v) is 3.08. The first kappa shape index (κ1) is 15.2. The van der Waals surface area contributed by atoms with Crippen LogP contribution >= 0.6 is 11.3 Å². The van der Waals surface area contributed by atoms with Crippen molar-refractivity contribution in [2.45, 2.75) is 47.5 Å². The van der Waals surface area contributed by atoms with E-state index in [1.807, 2.05) is 6.92 Å². The Morgan fingerprint density at radius 1 is 1.33 bits per heavy atom. The molecule has 0 spiro atoms.